The van der Waals surface area contributed by atoms with Crippen molar-refractivity contribution in [3.8, 4) is 0 Å². The van der Waals surface area contributed by atoms with E-state index in [1.165, 1.54) is 0 Å². The van der Waals surface area contributed by atoms with E-state index in [4.69, 9.17) is 12.9 Å². The fourth-order valence-corrected chi connectivity index (χ4v) is 0. The molecule has 0 amide bonds. The predicted molar refractivity (Wildman–Crippen MR) is 5.09 cm³/mol. The van der Waals surface area contributed by atoms with Gasteiger partial charge in [0.2, 0.25) is 0 Å². The topological polar surface area (TPSA) is 63.6 Å². The molecule has 0 saturated carbocycles. The van der Waals surface area contributed by atoms with Crippen LogP contribution in [0.1, 0.15) is 0 Å². The van der Waals surface area contributed by atoms with Gasteiger partial charge in [0.15, 0.2) is 0 Å². The second-order valence-electron chi connectivity index (χ2n) is 0.258. The molecule has 0 radical (unpaired) electrons. The molecule has 0 aromatic heterocycles. The first kappa shape index (κ1) is 9.75. The predicted octanol–water partition coefficient (Wildman–Crippen LogP) is -0.302. The van der Waals surface area contributed by atoms with Crippen molar-refractivity contribution in [1.29, 1.82) is 0 Å². The minimum atomic E-state index is -3.34. The van der Waals surface area contributed by atoms with E-state index in [-0.39, 0.29) is 17.1 Å². The van der Waals surface area contributed by atoms with Crippen molar-refractivity contribution < 1.29 is 48.1 Å². The molecule has 0 saturated heterocycles. The summed E-state index contributed by atoms with van der Waals surface area (Å²) in [6, 6.07) is 0. The molecule has 0 heterocycles. The first-order chi connectivity index (χ1) is 2.27. The van der Waals surface area contributed by atoms with E-state index in [2.05, 4.69) is 3.97 Å². The molecule has 6 heteroatoms. The second-order valence-corrected chi connectivity index (χ2v) is 1.06. The van der Waals surface area contributed by atoms with E-state index in [1.54, 1.807) is 0 Å². The van der Waals surface area contributed by atoms with Crippen LogP contribution in [-0.2, 0) is 42.8 Å². The number of hydrogen-bond acceptors (Lipinski definition) is 4. The summed E-state index contributed by atoms with van der Waals surface area (Å²) >= 11 is -3.34. The molecule has 4 nitrogen and oxygen atoms in total. The number of hydrogen-bond donors (Lipinski definition) is 1. The molecule has 0 bridgehead atoms. The third kappa shape index (κ3) is 8.82. The zero-order valence-corrected chi connectivity index (χ0v) is 4.69. The van der Waals surface area contributed by atoms with Gasteiger partial charge in [0.25, 0.3) is 0 Å². The Bertz CT molecular complexity index is 65.6. The molecule has 0 unspecified atom stereocenters. The Labute approximate surface area is 48.5 Å². The second kappa shape index (κ2) is 5.56. The normalized spacial score (nSPS) is 7.67. The molecule has 1 N–H and O–H groups in total. The van der Waals surface area contributed by atoms with E-state index in [1.807, 2.05) is 0 Å². The van der Waals surface area contributed by atoms with Crippen LogP contribution < -0.4 is 0 Å². The zero-order valence-electron chi connectivity index (χ0n) is 2.40. The summed E-state index contributed by atoms with van der Waals surface area (Å²) in [7, 11) is 0. The molecular weight excluding hydrogens is 175 g/mol. The maximum absolute atomic E-state index is 8.97. The first-order valence-electron chi connectivity index (χ1n) is 0.645. The minimum absolute atomic E-state index is 0. The van der Waals surface area contributed by atoms with Gasteiger partial charge in [0, 0.05) is 17.1 Å². The Kier molecular flexibility index (Phi) is 9.04. The molecular formula is HFeMnO4. The van der Waals surface area contributed by atoms with Gasteiger partial charge < -0.3 is 0 Å². The van der Waals surface area contributed by atoms with Gasteiger partial charge >= 0.3 is 31.0 Å². The third-order valence-electron chi connectivity index (χ3n) is 0.0563. The molecule has 6 heavy (non-hydrogen) atoms. The van der Waals surface area contributed by atoms with E-state index in [9.17, 15) is 0 Å². The van der Waals surface area contributed by atoms with Crippen LogP contribution in [0.25, 0.3) is 0 Å². The van der Waals surface area contributed by atoms with Crippen LogP contribution in [-0.4, -0.2) is 5.26 Å². The summed E-state index contributed by atoms with van der Waals surface area (Å²) in [5.41, 5.74) is 0. The molecule has 0 aliphatic heterocycles. The van der Waals surface area contributed by atoms with Crippen molar-refractivity contribution in [1.82, 2.24) is 0 Å². The molecule has 0 aromatic carbocycles. The average molecular weight is 176 g/mol. The number of rotatable bonds is 1. The fraction of sp³-hybridized carbons (Fsp3) is 0. The maximum atomic E-state index is 8.97. The van der Waals surface area contributed by atoms with Gasteiger partial charge in [0.1, 0.15) is 0 Å². The van der Waals surface area contributed by atoms with Gasteiger partial charge in [-0.05, 0) is 0 Å². The summed E-state index contributed by atoms with van der Waals surface area (Å²) in [6.07, 6.45) is 0. The van der Waals surface area contributed by atoms with Crippen molar-refractivity contribution in [3.05, 3.63) is 0 Å². The van der Waals surface area contributed by atoms with Crippen molar-refractivity contribution in [2.24, 2.45) is 0 Å². The standard InChI is InChI=1S/Fe.Mn.H2O2.2O/c;;1-2;;/h;;1-2H;;/q;+1;;;/p-1. The Hall–Kier alpha value is 0.559. The zero-order chi connectivity index (χ0) is 4.28. The van der Waals surface area contributed by atoms with Crippen molar-refractivity contribution in [3.63, 3.8) is 0 Å². The molecule has 0 fully saturated rings. The molecule has 0 spiro atoms. The van der Waals surface area contributed by atoms with E-state index in [0.29, 0.717) is 0 Å². The van der Waals surface area contributed by atoms with Gasteiger partial charge in [-0.1, -0.05) is 0 Å². The molecule has 0 aliphatic rings. The van der Waals surface area contributed by atoms with Gasteiger partial charge in [-0.3, -0.25) is 0 Å². The third-order valence-corrected chi connectivity index (χ3v) is 0.232. The molecule has 0 aromatic rings. The molecule has 0 rings (SSSR count). The van der Waals surface area contributed by atoms with Crippen LogP contribution in [0.15, 0.2) is 0 Å². The Morgan fingerprint density at radius 2 is 1.67 bits per heavy atom. The Morgan fingerprint density at radius 1 is 1.50 bits per heavy atom. The Morgan fingerprint density at radius 3 is 1.67 bits per heavy atom. The van der Waals surface area contributed by atoms with Crippen molar-refractivity contribution in [2.75, 3.05) is 0 Å². The van der Waals surface area contributed by atoms with Gasteiger partial charge in [-0.15, -0.1) is 0 Å². The van der Waals surface area contributed by atoms with Crippen LogP contribution in [0, 0.1) is 0 Å². The van der Waals surface area contributed by atoms with Gasteiger partial charge in [-0.2, -0.15) is 0 Å². The summed E-state index contributed by atoms with van der Waals surface area (Å²) in [6.45, 7) is 0. The summed E-state index contributed by atoms with van der Waals surface area (Å²) < 4.78 is 20.7. The molecule has 40 valence electrons. The van der Waals surface area contributed by atoms with E-state index in [0.717, 1.165) is 0 Å². The summed E-state index contributed by atoms with van der Waals surface area (Å²) in [4.78, 5) is 0. The quantitative estimate of drug-likeness (QED) is 0.338. The van der Waals surface area contributed by atoms with E-state index < -0.39 is 14.1 Å². The molecule has 0 aliphatic carbocycles. The van der Waals surface area contributed by atoms with E-state index >= 15 is 0 Å². The van der Waals surface area contributed by atoms with Gasteiger partial charge in [0.05, 0.1) is 0 Å². The van der Waals surface area contributed by atoms with Crippen LogP contribution in [0.2, 0.25) is 0 Å². The fourth-order valence-electron chi connectivity index (χ4n) is 0. The molecule has 0 atom stereocenters. The summed E-state index contributed by atoms with van der Waals surface area (Å²) in [5.74, 6) is 0. The van der Waals surface area contributed by atoms with Crippen molar-refractivity contribution in [2.45, 2.75) is 0 Å². The first-order valence-corrected chi connectivity index (χ1v) is 2.09. The van der Waals surface area contributed by atoms with Crippen molar-refractivity contribution >= 4 is 0 Å². The monoisotopic (exact) mass is 176 g/mol. The van der Waals surface area contributed by atoms with Crippen LogP contribution in [0.5, 0.6) is 0 Å². The van der Waals surface area contributed by atoms with Crippen LogP contribution >= 0.6 is 0 Å². The summed E-state index contributed by atoms with van der Waals surface area (Å²) in [5, 5.41) is 7.06. The van der Waals surface area contributed by atoms with Crippen LogP contribution in [0.3, 0.4) is 0 Å². The van der Waals surface area contributed by atoms with Crippen LogP contribution in [0.4, 0.5) is 0 Å². The van der Waals surface area contributed by atoms with Gasteiger partial charge in [-0.25, -0.2) is 0 Å². The SMILES string of the molecule is [Fe].[O]=[Mn](=[O])[O]O. The average Bonchev–Trinajstić information content (AvgIpc) is 1.38. The Balaban J connectivity index is 0.